The van der Waals surface area contributed by atoms with Crippen LogP contribution in [0.3, 0.4) is 0 Å². The Kier molecular flexibility index (Phi) is 4.70. The molecule has 0 amide bonds. The lowest BCUT2D eigenvalue weighted by Gasteiger charge is -2.22. The Balaban J connectivity index is 2.22. The fourth-order valence-corrected chi connectivity index (χ4v) is 1.68. The Morgan fingerprint density at radius 3 is 2.92 bits per heavy atom. The molecule has 0 saturated carbocycles. The third-order valence-corrected chi connectivity index (χ3v) is 2.47. The van der Waals surface area contributed by atoms with E-state index in [9.17, 15) is 0 Å². The van der Waals surface area contributed by atoms with Gasteiger partial charge in [-0.3, -0.25) is 4.90 Å². The molecule has 1 fully saturated rings. The highest BCUT2D eigenvalue weighted by molar-refractivity contribution is 4.69. The number of rotatable bonds is 5. The second-order valence-corrected chi connectivity index (χ2v) is 4.06. The Morgan fingerprint density at radius 1 is 1.54 bits per heavy atom. The lowest BCUT2D eigenvalue weighted by atomic mass is 10.1. The van der Waals surface area contributed by atoms with Crippen LogP contribution in [-0.2, 0) is 4.74 Å². The molecular formula is C10H21NO2. The topological polar surface area (TPSA) is 32.7 Å². The van der Waals surface area contributed by atoms with Crippen molar-refractivity contribution in [3.8, 4) is 0 Å². The minimum atomic E-state index is 0.238. The molecule has 0 radical (unpaired) electrons. The predicted molar refractivity (Wildman–Crippen MR) is 52.5 cm³/mol. The van der Waals surface area contributed by atoms with E-state index in [0.29, 0.717) is 0 Å². The molecule has 1 unspecified atom stereocenters. The predicted octanol–water partition coefficient (Wildman–Crippen LogP) is 1.07. The highest BCUT2D eigenvalue weighted by Crippen LogP contribution is 2.17. The number of aliphatic hydroxyl groups is 1. The van der Waals surface area contributed by atoms with Crippen molar-refractivity contribution in [1.82, 2.24) is 4.90 Å². The van der Waals surface area contributed by atoms with Crippen molar-refractivity contribution in [3.63, 3.8) is 0 Å². The molecule has 3 heteroatoms. The molecule has 0 spiro atoms. The van der Waals surface area contributed by atoms with Crippen LogP contribution in [0.25, 0.3) is 0 Å². The minimum Gasteiger partial charge on any atom is -0.395 e. The molecule has 1 N–H and O–H groups in total. The van der Waals surface area contributed by atoms with Gasteiger partial charge in [0, 0.05) is 13.1 Å². The van der Waals surface area contributed by atoms with Gasteiger partial charge >= 0.3 is 0 Å². The second kappa shape index (κ2) is 5.58. The van der Waals surface area contributed by atoms with Crippen molar-refractivity contribution in [3.05, 3.63) is 0 Å². The molecule has 0 aromatic carbocycles. The van der Waals surface area contributed by atoms with Gasteiger partial charge in [0.1, 0.15) is 6.23 Å². The van der Waals surface area contributed by atoms with Gasteiger partial charge in [-0.15, -0.1) is 0 Å². The Bertz CT molecular complexity index is 139. The highest BCUT2D eigenvalue weighted by Gasteiger charge is 2.24. The van der Waals surface area contributed by atoms with Gasteiger partial charge in [-0.25, -0.2) is 0 Å². The van der Waals surface area contributed by atoms with Crippen LogP contribution in [0.4, 0.5) is 0 Å². The quantitative estimate of drug-likeness (QED) is 0.699. The van der Waals surface area contributed by atoms with Crippen molar-refractivity contribution in [2.24, 2.45) is 5.92 Å². The van der Waals surface area contributed by atoms with Crippen LogP contribution in [0, 0.1) is 5.92 Å². The molecule has 0 aromatic heterocycles. The fourth-order valence-electron chi connectivity index (χ4n) is 1.68. The van der Waals surface area contributed by atoms with E-state index in [1.54, 1.807) is 0 Å². The van der Waals surface area contributed by atoms with Crippen molar-refractivity contribution in [1.29, 1.82) is 0 Å². The maximum Gasteiger partial charge on any atom is 0.110 e. The summed E-state index contributed by atoms with van der Waals surface area (Å²) in [5.41, 5.74) is 0. The van der Waals surface area contributed by atoms with Crippen LogP contribution in [0.15, 0.2) is 0 Å². The van der Waals surface area contributed by atoms with E-state index in [1.165, 1.54) is 6.42 Å². The van der Waals surface area contributed by atoms with Gasteiger partial charge < -0.3 is 9.84 Å². The Labute approximate surface area is 80.7 Å². The van der Waals surface area contributed by atoms with Gasteiger partial charge in [0.2, 0.25) is 0 Å². The van der Waals surface area contributed by atoms with Crippen LogP contribution in [0.5, 0.6) is 0 Å². The van der Waals surface area contributed by atoms with Crippen molar-refractivity contribution < 1.29 is 9.84 Å². The number of β-amino-alcohol motifs (C(OH)–C–C–N with tert-alkyl or cyclic N) is 1. The van der Waals surface area contributed by atoms with Crippen LogP contribution < -0.4 is 0 Å². The third-order valence-electron chi connectivity index (χ3n) is 2.47. The molecule has 3 nitrogen and oxygen atoms in total. The molecule has 1 saturated heterocycles. The SMILES string of the molecule is CC(C)CCC1OCCN1CCO. The molecule has 1 heterocycles. The number of hydrogen-bond acceptors (Lipinski definition) is 3. The number of ether oxygens (including phenoxy) is 1. The van der Waals surface area contributed by atoms with Crippen LogP contribution in [0.2, 0.25) is 0 Å². The maximum absolute atomic E-state index is 8.82. The number of hydrogen-bond donors (Lipinski definition) is 1. The molecular weight excluding hydrogens is 166 g/mol. The van der Waals surface area contributed by atoms with Crippen molar-refractivity contribution in [2.75, 3.05) is 26.3 Å². The smallest absolute Gasteiger partial charge is 0.110 e. The molecule has 78 valence electrons. The molecule has 0 bridgehead atoms. The Morgan fingerprint density at radius 2 is 2.31 bits per heavy atom. The molecule has 1 atom stereocenters. The first-order valence-electron chi connectivity index (χ1n) is 5.20. The van der Waals surface area contributed by atoms with Gasteiger partial charge in [0.25, 0.3) is 0 Å². The Hall–Kier alpha value is -0.120. The summed E-state index contributed by atoms with van der Waals surface area (Å²) >= 11 is 0. The second-order valence-electron chi connectivity index (χ2n) is 4.06. The maximum atomic E-state index is 8.82. The summed E-state index contributed by atoms with van der Waals surface area (Å²) in [6.07, 6.45) is 2.55. The first-order chi connectivity index (χ1) is 6.24. The normalized spacial score (nSPS) is 24.5. The molecule has 1 rings (SSSR count). The van der Waals surface area contributed by atoms with E-state index < -0.39 is 0 Å². The van der Waals surface area contributed by atoms with Gasteiger partial charge in [-0.05, 0) is 18.8 Å². The standard InChI is InChI=1S/C10H21NO2/c1-9(2)3-4-10-11(5-7-12)6-8-13-10/h9-10,12H,3-8H2,1-2H3. The van der Waals surface area contributed by atoms with E-state index in [-0.39, 0.29) is 12.8 Å². The van der Waals surface area contributed by atoms with Gasteiger partial charge in [0.05, 0.1) is 13.2 Å². The van der Waals surface area contributed by atoms with Crippen molar-refractivity contribution in [2.45, 2.75) is 32.9 Å². The third kappa shape index (κ3) is 3.63. The van der Waals surface area contributed by atoms with E-state index in [0.717, 1.165) is 32.0 Å². The summed E-state index contributed by atoms with van der Waals surface area (Å²) in [7, 11) is 0. The molecule has 13 heavy (non-hydrogen) atoms. The summed E-state index contributed by atoms with van der Waals surface area (Å²) in [4.78, 5) is 2.22. The summed E-state index contributed by atoms with van der Waals surface area (Å²) in [5.74, 6) is 0.736. The summed E-state index contributed by atoms with van der Waals surface area (Å²) < 4.78 is 5.58. The van der Waals surface area contributed by atoms with Gasteiger partial charge in [0.15, 0.2) is 0 Å². The monoisotopic (exact) mass is 187 g/mol. The molecule has 0 aromatic rings. The largest absolute Gasteiger partial charge is 0.395 e. The first kappa shape index (κ1) is 11.0. The minimum absolute atomic E-state index is 0.238. The van der Waals surface area contributed by atoms with Crippen LogP contribution in [-0.4, -0.2) is 42.5 Å². The van der Waals surface area contributed by atoms with Crippen molar-refractivity contribution >= 4 is 0 Å². The zero-order valence-corrected chi connectivity index (χ0v) is 8.70. The van der Waals surface area contributed by atoms with Gasteiger partial charge in [-0.1, -0.05) is 13.8 Å². The van der Waals surface area contributed by atoms with Crippen LogP contribution >= 0.6 is 0 Å². The molecule has 1 aliphatic heterocycles. The van der Waals surface area contributed by atoms with E-state index in [2.05, 4.69) is 18.7 Å². The lowest BCUT2D eigenvalue weighted by molar-refractivity contribution is 0.0167. The van der Waals surface area contributed by atoms with Gasteiger partial charge in [-0.2, -0.15) is 0 Å². The summed E-state index contributed by atoms with van der Waals surface area (Å²) in [5, 5.41) is 8.82. The summed E-state index contributed by atoms with van der Waals surface area (Å²) in [6, 6.07) is 0. The first-order valence-corrected chi connectivity index (χ1v) is 5.20. The van der Waals surface area contributed by atoms with E-state index in [1.807, 2.05) is 0 Å². The average Bonchev–Trinajstić information content (AvgIpc) is 2.49. The van der Waals surface area contributed by atoms with E-state index in [4.69, 9.17) is 9.84 Å². The highest BCUT2D eigenvalue weighted by atomic mass is 16.5. The fraction of sp³-hybridized carbons (Fsp3) is 1.00. The lowest BCUT2D eigenvalue weighted by Crippen LogP contribution is -2.32. The zero-order chi connectivity index (χ0) is 9.68. The average molecular weight is 187 g/mol. The molecule has 1 aliphatic rings. The number of aliphatic hydroxyl groups excluding tert-OH is 1. The molecule has 0 aliphatic carbocycles. The number of nitrogens with zero attached hydrogens (tertiary/aromatic N) is 1. The van der Waals surface area contributed by atoms with E-state index >= 15 is 0 Å². The summed E-state index contributed by atoms with van der Waals surface area (Å²) in [6.45, 7) is 7.24. The zero-order valence-electron chi connectivity index (χ0n) is 8.70. The van der Waals surface area contributed by atoms with Crippen LogP contribution in [0.1, 0.15) is 26.7 Å².